The summed E-state index contributed by atoms with van der Waals surface area (Å²) >= 11 is 1.50. The van der Waals surface area contributed by atoms with Crippen LogP contribution >= 0.6 is 11.3 Å². The van der Waals surface area contributed by atoms with Gasteiger partial charge in [0, 0.05) is 19.0 Å². The van der Waals surface area contributed by atoms with E-state index in [1.165, 1.54) is 11.3 Å². The molecule has 0 atom stereocenters. The zero-order chi connectivity index (χ0) is 15.8. The number of nitrogens with one attached hydrogen (secondary N) is 1. The van der Waals surface area contributed by atoms with E-state index in [1.807, 2.05) is 36.6 Å². The van der Waals surface area contributed by atoms with E-state index in [9.17, 15) is 4.79 Å². The molecule has 2 aromatic rings. The van der Waals surface area contributed by atoms with Gasteiger partial charge < -0.3 is 14.8 Å². The third-order valence-electron chi connectivity index (χ3n) is 2.92. The van der Waals surface area contributed by atoms with Gasteiger partial charge in [-0.15, -0.1) is 11.3 Å². The van der Waals surface area contributed by atoms with E-state index in [0.29, 0.717) is 19.8 Å². The molecule has 1 heterocycles. The molecule has 0 saturated carbocycles. The lowest BCUT2D eigenvalue weighted by atomic mass is 10.2. The van der Waals surface area contributed by atoms with Gasteiger partial charge in [0.15, 0.2) is 0 Å². The fourth-order valence-corrected chi connectivity index (χ4v) is 2.57. The Bertz CT molecular complexity index is 613. The zero-order valence-corrected chi connectivity index (χ0v) is 13.6. The van der Waals surface area contributed by atoms with Crippen molar-refractivity contribution in [1.82, 2.24) is 10.3 Å². The van der Waals surface area contributed by atoms with Crippen LogP contribution in [0, 0.1) is 6.92 Å². The second kappa shape index (κ2) is 8.51. The first kappa shape index (κ1) is 16.5. The quantitative estimate of drug-likeness (QED) is 0.759. The molecule has 1 N–H and O–H groups in total. The molecule has 0 aliphatic heterocycles. The summed E-state index contributed by atoms with van der Waals surface area (Å²) in [6, 6.07) is 7.89. The van der Waals surface area contributed by atoms with Crippen molar-refractivity contribution in [1.29, 1.82) is 0 Å². The van der Waals surface area contributed by atoms with Gasteiger partial charge in [0.2, 0.25) is 5.91 Å². The highest BCUT2D eigenvalue weighted by Gasteiger charge is 2.08. The summed E-state index contributed by atoms with van der Waals surface area (Å²) in [6.07, 6.45) is 0.282. The van der Waals surface area contributed by atoms with Gasteiger partial charge in [0.25, 0.3) is 0 Å². The first-order valence-corrected chi connectivity index (χ1v) is 7.93. The number of thiazole rings is 1. The monoisotopic (exact) mass is 320 g/mol. The first-order chi connectivity index (χ1) is 10.7. The van der Waals surface area contributed by atoms with Gasteiger partial charge in [0.05, 0.1) is 18.7 Å². The van der Waals surface area contributed by atoms with E-state index in [1.54, 1.807) is 7.11 Å². The number of methoxy groups -OCH3 is 1. The summed E-state index contributed by atoms with van der Waals surface area (Å²) in [6.45, 7) is 3.47. The van der Waals surface area contributed by atoms with E-state index in [0.717, 1.165) is 22.0 Å². The molecule has 1 aromatic heterocycles. The van der Waals surface area contributed by atoms with E-state index in [-0.39, 0.29) is 12.3 Å². The molecule has 5 nitrogen and oxygen atoms in total. The maximum atomic E-state index is 11.7. The Hall–Kier alpha value is -1.92. The Kier molecular flexibility index (Phi) is 6.36. The molecule has 0 aliphatic rings. The van der Waals surface area contributed by atoms with E-state index in [4.69, 9.17) is 9.47 Å². The minimum atomic E-state index is -0.0477. The second-order valence-corrected chi connectivity index (χ2v) is 5.80. The highest BCUT2D eigenvalue weighted by atomic mass is 32.1. The summed E-state index contributed by atoms with van der Waals surface area (Å²) < 4.78 is 10.6. The molecule has 0 aliphatic carbocycles. The average molecular weight is 320 g/mol. The van der Waals surface area contributed by atoms with Crippen molar-refractivity contribution >= 4 is 17.2 Å². The molecular weight excluding hydrogens is 300 g/mol. The third kappa shape index (κ3) is 5.46. The fraction of sp³-hybridized carbons (Fsp3) is 0.375. The Morgan fingerprint density at radius 2 is 2.27 bits per heavy atom. The molecule has 0 radical (unpaired) electrons. The van der Waals surface area contributed by atoms with Gasteiger partial charge in [-0.25, -0.2) is 4.98 Å². The smallest absolute Gasteiger partial charge is 0.226 e. The lowest BCUT2D eigenvalue weighted by molar-refractivity contribution is -0.120. The normalized spacial score (nSPS) is 10.5. The molecule has 2 rings (SSSR count). The van der Waals surface area contributed by atoms with Crippen molar-refractivity contribution in [2.75, 3.05) is 20.3 Å². The number of hydrogen-bond acceptors (Lipinski definition) is 5. The minimum absolute atomic E-state index is 0.0477. The third-order valence-corrected chi connectivity index (χ3v) is 3.79. The molecular formula is C16H20N2O3S. The van der Waals surface area contributed by atoms with Crippen LogP contribution in [0.1, 0.15) is 16.3 Å². The summed E-state index contributed by atoms with van der Waals surface area (Å²) in [7, 11) is 1.60. The van der Waals surface area contributed by atoms with Gasteiger partial charge in [-0.05, 0) is 24.6 Å². The molecule has 6 heteroatoms. The van der Waals surface area contributed by atoms with E-state index < -0.39 is 0 Å². The maximum Gasteiger partial charge on any atom is 0.226 e. The molecule has 0 saturated heterocycles. The van der Waals surface area contributed by atoms with Crippen LogP contribution in [0.15, 0.2) is 29.6 Å². The highest BCUT2D eigenvalue weighted by Crippen LogP contribution is 2.16. The number of carbonyl (C=O) groups is 1. The number of ether oxygens (including phenoxy) is 2. The minimum Gasteiger partial charge on any atom is -0.486 e. The van der Waals surface area contributed by atoms with Gasteiger partial charge in [0.1, 0.15) is 17.4 Å². The SMILES string of the molecule is COCCNC(=O)Cc1csc(COc2cccc(C)c2)n1. The second-order valence-electron chi connectivity index (χ2n) is 4.86. The van der Waals surface area contributed by atoms with Gasteiger partial charge in [-0.2, -0.15) is 0 Å². The first-order valence-electron chi connectivity index (χ1n) is 7.06. The molecule has 118 valence electrons. The van der Waals surface area contributed by atoms with Crippen LogP contribution in [0.5, 0.6) is 5.75 Å². The van der Waals surface area contributed by atoms with Crippen LogP contribution in [0.2, 0.25) is 0 Å². The molecule has 22 heavy (non-hydrogen) atoms. The number of amides is 1. The maximum absolute atomic E-state index is 11.7. The molecule has 1 amide bonds. The lowest BCUT2D eigenvalue weighted by Crippen LogP contribution is -2.28. The van der Waals surface area contributed by atoms with Crippen molar-refractivity contribution < 1.29 is 14.3 Å². The number of nitrogens with zero attached hydrogens (tertiary/aromatic N) is 1. The standard InChI is InChI=1S/C16H20N2O3S/c1-12-4-3-5-14(8-12)21-10-16-18-13(11-22-16)9-15(19)17-6-7-20-2/h3-5,8,11H,6-7,9-10H2,1-2H3,(H,17,19). The molecule has 1 aromatic carbocycles. The number of benzene rings is 1. The molecule has 0 spiro atoms. The largest absolute Gasteiger partial charge is 0.486 e. The predicted octanol–water partition coefficient (Wildman–Crippen LogP) is 2.34. The summed E-state index contributed by atoms with van der Waals surface area (Å²) in [4.78, 5) is 16.1. The van der Waals surface area contributed by atoms with Gasteiger partial charge in [-0.3, -0.25) is 4.79 Å². The Morgan fingerprint density at radius 1 is 1.41 bits per heavy atom. The van der Waals surface area contributed by atoms with Crippen molar-refractivity contribution in [2.24, 2.45) is 0 Å². The topological polar surface area (TPSA) is 60.5 Å². The molecule has 0 bridgehead atoms. The Morgan fingerprint density at radius 3 is 3.05 bits per heavy atom. The molecule has 0 unspecified atom stereocenters. The Labute approximate surface area is 134 Å². The average Bonchev–Trinajstić information content (AvgIpc) is 2.93. The fourth-order valence-electron chi connectivity index (χ4n) is 1.87. The van der Waals surface area contributed by atoms with Gasteiger partial charge >= 0.3 is 0 Å². The van der Waals surface area contributed by atoms with Gasteiger partial charge in [-0.1, -0.05) is 12.1 Å². The highest BCUT2D eigenvalue weighted by molar-refractivity contribution is 7.09. The zero-order valence-electron chi connectivity index (χ0n) is 12.8. The van der Waals surface area contributed by atoms with Crippen molar-refractivity contribution in [3.63, 3.8) is 0 Å². The summed E-state index contributed by atoms with van der Waals surface area (Å²) in [5.41, 5.74) is 1.92. The van der Waals surface area contributed by atoms with Crippen LogP contribution in [-0.4, -0.2) is 31.2 Å². The lowest BCUT2D eigenvalue weighted by Gasteiger charge is -2.04. The predicted molar refractivity (Wildman–Crippen MR) is 86.2 cm³/mol. The van der Waals surface area contributed by atoms with Crippen molar-refractivity contribution in [3.05, 3.63) is 45.9 Å². The summed E-state index contributed by atoms with van der Waals surface area (Å²) in [5, 5.41) is 5.53. The number of aryl methyl sites for hydroxylation is 1. The van der Waals surface area contributed by atoms with Crippen LogP contribution in [0.3, 0.4) is 0 Å². The van der Waals surface area contributed by atoms with Crippen LogP contribution in [0.4, 0.5) is 0 Å². The van der Waals surface area contributed by atoms with Crippen LogP contribution < -0.4 is 10.1 Å². The van der Waals surface area contributed by atoms with E-state index in [2.05, 4.69) is 10.3 Å². The van der Waals surface area contributed by atoms with Crippen molar-refractivity contribution in [2.45, 2.75) is 20.0 Å². The number of carbonyl (C=O) groups excluding carboxylic acids is 1. The van der Waals surface area contributed by atoms with Crippen LogP contribution in [0.25, 0.3) is 0 Å². The molecule has 0 fully saturated rings. The van der Waals surface area contributed by atoms with Crippen LogP contribution in [-0.2, 0) is 22.6 Å². The Balaban J connectivity index is 1.80. The summed E-state index contributed by atoms with van der Waals surface area (Å²) in [5.74, 6) is 0.780. The number of rotatable bonds is 8. The number of hydrogen-bond donors (Lipinski definition) is 1. The number of aromatic nitrogens is 1. The van der Waals surface area contributed by atoms with E-state index >= 15 is 0 Å². The van der Waals surface area contributed by atoms with Crippen molar-refractivity contribution in [3.8, 4) is 5.75 Å².